The molecular formula is C27H28Cl2N2O3. The second kappa shape index (κ2) is 11.7. The highest BCUT2D eigenvalue weighted by Gasteiger charge is 2.25. The fourth-order valence-corrected chi connectivity index (χ4v) is 4.29. The summed E-state index contributed by atoms with van der Waals surface area (Å²) in [4.78, 5) is 17.1. The van der Waals surface area contributed by atoms with E-state index in [-0.39, 0.29) is 12.0 Å². The van der Waals surface area contributed by atoms with E-state index in [0.717, 1.165) is 36.5 Å². The Morgan fingerprint density at radius 3 is 2.21 bits per heavy atom. The van der Waals surface area contributed by atoms with Crippen LogP contribution in [0.25, 0.3) is 0 Å². The van der Waals surface area contributed by atoms with Gasteiger partial charge in [0, 0.05) is 48.3 Å². The lowest BCUT2D eigenvalue weighted by atomic mass is 10.1. The SMILES string of the molecule is COc1cccc(CO[C@@H](CN2CCN(C(=O)c3ccc(Cl)cc3)CC2)c2ccc(Cl)cc2)c1. The first-order valence-electron chi connectivity index (χ1n) is 11.3. The van der Waals surface area contributed by atoms with Crippen LogP contribution < -0.4 is 4.74 Å². The van der Waals surface area contributed by atoms with Gasteiger partial charge in [0.25, 0.3) is 5.91 Å². The lowest BCUT2D eigenvalue weighted by Gasteiger charge is -2.36. The topological polar surface area (TPSA) is 42.0 Å². The largest absolute Gasteiger partial charge is 0.497 e. The number of hydrogen-bond acceptors (Lipinski definition) is 4. The number of methoxy groups -OCH3 is 1. The third-order valence-electron chi connectivity index (χ3n) is 6.00. The molecule has 34 heavy (non-hydrogen) atoms. The number of benzene rings is 3. The summed E-state index contributed by atoms with van der Waals surface area (Å²) >= 11 is 12.1. The fraction of sp³-hybridized carbons (Fsp3) is 0.296. The van der Waals surface area contributed by atoms with Gasteiger partial charge in [0.2, 0.25) is 0 Å². The van der Waals surface area contributed by atoms with Crippen molar-refractivity contribution in [1.29, 1.82) is 0 Å². The molecule has 3 aromatic carbocycles. The van der Waals surface area contributed by atoms with Crippen LogP contribution in [0.3, 0.4) is 0 Å². The number of halogens is 2. The third-order valence-corrected chi connectivity index (χ3v) is 6.51. The predicted octanol–water partition coefficient (Wildman–Crippen LogP) is 5.72. The molecule has 1 aliphatic rings. The van der Waals surface area contributed by atoms with E-state index in [1.807, 2.05) is 53.4 Å². The minimum Gasteiger partial charge on any atom is -0.497 e. The molecule has 3 aromatic rings. The zero-order valence-corrected chi connectivity index (χ0v) is 20.6. The van der Waals surface area contributed by atoms with Crippen molar-refractivity contribution in [3.05, 3.63) is 99.5 Å². The normalized spacial score (nSPS) is 15.2. The zero-order chi connectivity index (χ0) is 23.9. The highest BCUT2D eigenvalue weighted by atomic mass is 35.5. The molecule has 0 spiro atoms. The molecule has 1 heterocycles. The Kier molecular flexibility index (Phi) is 8.46. The second-order valence-electron chi connectivity index (χ2n) is 8.30. The maximum Gasteiger partial charge on any atom is 0.253 e. The molecule has 0 saturated carbocycles. The minimum atomic E-state index is -0.123. The summed E-state index contributed by atoms with van der Waals surface area (Å²) in [6, 6.07) is 22.8. The quantitative estimate of drug-likeness (QED) is 0.398. The number of nitrogens with zero attached hydrogens (tertiary/aromatic N) is 2. The Morgan fingerprint density at radius 1 is 0.912 bits per heavy atom. The van der Waals surface area contributed by atoms with E-state index in [0.29, 0.717) is 35.3 Å². The number of rotatable bonds is 8. The Labute approximate surface area is 210 Å². The van der Waals surface area contributed by atoms with E-state index in [1.54, 1.807) is 31.4 Å². The van der Waals surface area contributed by atoms with Crippen LogP contribution in [0.5, 0.6) is 5.75 Å². The van der Waals surface area contributed by atoms with Crippen LogP contribution in [-0.4, -0.2) is 55.5 Å². The lowest BCUT2D eigenvalue weighted by molar-refractivity contribution is 0.00337. The molecule has 0 radical (unpaired) electrons. The van der Waals surface area contributed by atoms with Crippen molar-refractivity contribution in [2.24, 2.45) is 0 Å². The van der Waals surface area contributed by atoms with Gasteiger partial charge in [0.1, 0.15) is 5.75 Å². The number of ether oxygens (including phenoxy) is 2. The standard InChI is InChI=1S/C27H28Cl2N2O3/c1-33-25-4-2-3-20(17-25)19-34-26(21-5-9-23(28)10-6-21)18-30-13-15-31(16-14-30)27(32)22-7-11-24(29)12-8-22/h2-12,17,26H,13-16,18-19H2,1H3/t26-/m0/s1. The van der Waals surface area contributed by atoms with Crippen molar-refractivity contribution < 1.29 is 14.3 Å². The van der Waals surface area contributed by atoms with Crippen molar-refractivity contribution in [3.8, 4) is 5.75 Å². The van der Waals surface area contributed by atoms with Gasteiger partial charge in [-0.05, 0) is 59.7 Å². The van der Waals surface area contributed by atoms with Gasteiger partial charge < -0.3 is 14.4 Å². The predicted molar refractivity (Wildman–Crippen MR) is 136 cm³/mol. The monoisotopic (exact) mass is 498 g/mol. The van der Waals surface area contributed by atoms with Crippen molar-refractivity contribution in [2.45, 2.75) is 12.7 Å². The summed E-state index contributed by atoms with van der Waals surface area (Å²) in [6.45, 7) is 4.11. The minimum absolute atomic E-state index is 0.0415. The average molecular weight is 499 g/mol. The molecule has 178 valence electrons. The maximum atomic E-state index is 12.8. The van der Waals surface area contributed by atoms with Crippen molar-refractivity contribution >= 4 is 29.1 Å². The second-order valence-corrected chi connectivity index (χ2v) is 9.18. The Morgan fingerprint density at radius 2 is 1.56 bits per heavy atom. The van der Waals surface area contributed by atoms with Crippen molar-refractivity contribution in [3.63, 3.8) is 0 Å². The Bertz CT molecular complexity index is 1080. The molecule has 1 aliphatic heterocycles. The van der Waals surface area contributed by atoms with E-state index < -0.39 is 0 Å². The lowest BCUT2D eigenvalue weighted by Crippen LogP contribution is -2.49. The van der Waals surface area contributed by atoms with Crippen LogP contribution >= 0.6 is 23.2 Å². The molecule has 0 aromatic heterocycles. The summed E-state index contributed by atoms with van der Waals surface area (Å²) < 4.78 is 11.7. The van der Waals surface area contributed by atoms with Crippen molar-refractivity contribution in [1.82, 2.24) is 9.80 Å². The molecule has 1 fully saturated rings. The molecule has 0 N–H and O–H groups in total. The van der Waals surface area contributed by atoms with Crippen LogP contribution in [0.2, 0.25) is 10.0 Å². The van der Waals surface area contributed by atoms with Gasteiger partial charge in [-0.15, -0.1) is 0 Å². The van der Waals surface area contributed by atoms with Gasteiger partial charge in [-0.25, -0.2) is 0 Å². The molecule has 0 unspecified atom stereocenters. The van der Waals surface area contributed by atoms with E-state index in [2.05, 4.69) is 4.90 Å². The van der Waals surface area contributed by atoms with Crippen LogP contribution in [0.4, 0.5) is 0 Å². The average Bonchev–Trinajstić information content (AvgIpc) is 2.87. The van der Waals surface area contributed by atoms with Crippen LogP contribution in [-0.2, 0) is 11.3 Å². The van der Waals surface area contributed by atoms with E-state index >= 15 is 0 Å². The van der Waals surface area contributed by atoms with Gasteiger partial charge in [-0.1, -0.05) is 47.5 Å². The van der Waals surface area contributed by atoms with Crippen LogP contribution in [0.1, 0.15) is 27.6 Å². The number of piperazine rings is 1. The molecule has 1 amide bonds. The Hall–Kier alpha value is -2.57. The first-order chi connectivity index (χ1) is 16.5. The summed E-state index contributed by atoms with van der Waals surface area (Å²) in [5.74, 6) is 0.852. The van der Waals surface area contributed by atoms with Gasteiger partial charge in [0.15, 0.2) is 0 Å². The smallest absolute Gasteiger partial charge is 0.253 e. The molecule has 1 saturated heterocycles. The number of carbonyl (C=O) groups excluding carboxylic acids is 1. The molecule has 0 aliphatic carbocycles. The maximum absolute atomic E-state index is 12.8. The highest BCUT2D eigenvalue weighted by molar-refractivity contribution is 6.30. The zero-order valence-electron chi connectivity index (χ0n) is 19.1. The van der Waals surface area contributed by atoms with Gasteiger partial charge >= 0.3 is 0 Å². The summed E-state index contributed by atoms with van der Waals surface area (Å²) in [5.41, 5.74) is 2.79. The summed E-state index contributed by atoms with van der Waals surface area (Å²) in [6.07, 6.45) is -0.123. The van der Waals surface area contributed by atoms with Crippen molar-refractivity contribution in [2.75, 3.05) is 39.8 Å². The molecule has 4 rings (SSSR count). The fourth-order valence-electron chi connectivity index (χ4n) is 4.03. The first-order valence-corrected chi connectivity index (χ1v) is 12.0. The number of carbonyl (C=O) groups is 1. The molecule has 0 bridgehead atoms. The molecule has 1 atom stereocenters. The van der Waals surface area contributed by atoms with Gasteiger partial charge in [0.05, 0.1) is 19.8 Å². The first kappa shape index (κ1) is 24.6. The van der Waals surface area contributed by atoms with E-state index in [4.69, 9.17) is 32.7 Å². The molecule has 5 nitrogen and oxygen atoms in total. The third kappa shape index (κ3) is 6.51. The van der Waals surface area contributed by atoms with E-state index in [1.165, 1.54) is 0 Å². The van der Waals surface area contributed by atoms with Crippen LogP contribution in [0.15, 0.2) is 72.8 Å². The highest BCUT2D eigenvalue weighted by Crippen LogP contribution is 2.24. The van der Waals surface area contributed by atoms with Gasteiger partial charge in [-0.3, -0.25) is 9.69 Å². The van der Waals surface area contributed by atoms with E-state index in [9.17, 15) is 4.79 Å². The molecule has 7 heteroatoms. The van der Waals surface area contributed by atoms with Gasteiger partial charge in [-0.2, -0.15) is 0 Å². The summed E-state index contributed by atoms with van der Waals surface area (Å²) in [5, 5.41) is 1.33. The Balaban J connectivity index is 1.38. The number of amides is 1. The molecular weight excluding hydrogens is 471 g/mol. The number of hydrogen-bond donors (Lipinski definition) is 0. The summed E-state index contributed by atoms with van der Waals surface area (Å²) in [7, 11) is 1.66. The van der Waals surface area contributed by atoms with Crippen LogP contribution in [0, 0.1) is 0 Å².